The van der Waals surface area contributed by atoms with Gasteiger partial charge in [-0.15, -0.1) is 0 Å². The van der Waals surface area contributed by atoms with Crippen molar-refractivity contribution in [2.75, 3.05) is 13.2 Å². The minimum absolute atomic E-state index is 0.0204. The number of carbonyl (C=O) groups excluding carboxylic acids is 1. The van der Waals surface area contributed by atoms with Gasteiger partial charge in [-0.25, -0.2) is 4.39 Å². The van der Waals surface area contributed by atoms with E-state index in [1.54, 1.807) is 6.07 Å². The lowest BCUT2D eigenvalue weighted by atomic mass is 10.1. The molecule has 0 saturated carbocycles. The number of aryl methyl sites for hydroxylation is 2. The fraction of sp³-hybridized carbons (Fsp3) is 0.278. The van der Waals surface area contributed by atoms with Crippen molar-refractivity contribution in [3.63, 3.8) is 0 Å². The molecule has 3 nitrogen and oxygen atoms in total. The Kier molecular flexibility index (Phi) is 5.53. The predicted octanol–water partition coefficient (Wildman–Crippen LogP) is 3.18. The predicted molar refractivity (Wildman–Crippen MR) is 84.5 cm³/mol. The Morgan fingerprint density at radius 3 is 2.77 bits per heavy atom. The maximum Gasteiger partial charge on any atom is 0.257 e. The van der Waals surface area contributed by atoms with Crippen LogP contribution in [0.5, 0.6) is 5.75 Å². The van der Waals surface area contributed by atoms with Crippen LogP contribution < -0.4 is 10.1 Å². The Hall–Kier alpha value is -2.36. The molecule has 1 amide bonds. The Labute approximate surface area is 130 Å². The molecule has 0 saturated heterocycles. The summed E-state index contributed by atoms with van der Waals surface area (Å²) in [5, 5.41) is 2.77. The van der Waals surface area contributed by atoms with Gasteiger partial charge in [-0.2, -0.15) is 0 Å². The van der Waals surface area contributed by atoms with E-state index in [0.29, 0.717) is 13.0 Å². The van der Waals surface area contributed by atoms with Crippen LogP contribution in [-0.4, -0.2) is 19.1 Å². The summed E-state index contributed by atoms with van der Waals surface area (Å²) in [6.07, 6.45) is 0.590. The van der Waals surface area contributed by atoms with E-state index in [0.717, 1.165) is 22.4 Å². The molecule has 2 aromatic carbocycles. The second-order valence-corrected chi connectivity index (χ2v) is 5.29. The van der Waals surface area contributed by atoms with Crippen LogP contribution in [0.3, 0.4) is 0 Å². The molecule has 0 aliphatic rings. The van der Waals surface area contributed by atoms with E-state index in [4.69, 9.17) is 4.74 Å². The molecule has 2 aromatic rings. The Morgan fingerprint density at radius 2 is 2.00 bits per heavy atom. The van der Waals surface area contributed by atoms with Crippen LogP contribution in [0.15, 0.2) is 42.5 Å². The van der Waals surface area contributed by atoms with Crippen LogP contribution in [0, 0.1) is 19.7 Å². The summed E-state index contributed by atoms with van der Waals surface area (Å²) in [5.74, 6) is 0.277. The highest BCUT2D eigenvalue weighted by atomic mass is 19.1. The minimum Gasteiger partial charge on any atom is -0.483 e. The molecule has 0 fully saturated rings. The molecule has 0 spiro atoms. The van der Waals surface area contributed by atoms with Gasteiger partial charge in [0, 0.05) is 6.54 Å². The van der Waals surface area contributed by atoms with Crippen molar-refractivity contribution in [2.24, 2.45) is 0 Å². The second-order valence-electron chi connectivity index (χ2n) is 5.29. The molecule has 0 unspecified atom stereocenters. The van der Waals surface area contributed by atoms with E-state index >= 15 is 0 Å². The summed E-state index contributed by atoms with van der Waals surface area (Å²) in [6, 6.07) is 12.2. The van der Waals surface area contributed by atoms with Crippen molar-refractivity contribution in [2.45, 2.75) is 20.3 Å². The van der Waals surface area contributed by atoms with Crippen molar-refractivity contribution in [3.8, 4) is 5.75 Å². The Bertz CT molecular complexity index is 655. The molecule has 0 radical (unpaired) electrons. The van der Waals surface area contributed by atoms with Gasteiger partial charge in [0.2, 0.25) is 0 Å². The van der Waals surface area contributed by atoms with Gasteiger partial charge in [0.15, 0.2) is 6.61 Å². The van der Waals surface area contributed by atoms with Gasteiger partial charge < -0.3 is 10.1 Å². The van der Waals surface area contributed by atoms with E-state index in [1.807, 2.05) is 38.1 Å². The van der Waals surface area contributed by atoms with Gasteiger partial charge in [-0.1, -0.05) is 24.3 Å². The van der Waals surface area contributed by atoms with Gasteiger partial charge in [-0.05, 0) is 55.2 Å². The highest BCUT2D eigenvalue weighted by Crippen LogP contribution is 2.18. The first-order valence-corrected chi connectivity index (χ1v) is 7.26. The molecule has 0 aliphatic carbocycles. The summed E-state index contributed by atoms with van der Waals surface area (Å²) < 4.78 is 18.6. The largest absolute Gasteiger partial charge is 0.483 e. The van der Waals surface area contributed by atoms with Crippen molar-refractivity contribution >= 4 is 5.91 Å². The second kappa shape index (κ2) is 7.59. The molecule has 4 heteroatoms. The zero-order valence-electron chi connectivity index (χ0n) is 12.9. The van der Waals surface area contributed by atoms with Crippen LogP contribution in [0.25, 0.3) is 0 Å². The topological polar surface area (TPSA) is 38.3 Å². The van der Waals surface area contributed by atoms with E-state index in [2.05, 4.69) is 5.32 Å². The van der Waals surface area contributed by atoms with Crippen molar-refractivity contribution < 1.29 is 13.9 Å². The zero-order chi connectivity index (χ0) is 15.9. The fourth-order valence-corrected chi connectivity index (χ4v) is 2.10. The third kappa shape index (κ3) is 4.88. The van der Waals surface area contributed by atoms with Crippen LogP contribution >= 0.6 is 0 Å². The third-order valence-electron chi connectivity index (χ3n) is 3.33. The van der Waals surface area contributed by atoms with Crippen LogP contribution in [-0.2, 0) is 11.2 Å². The summed E-state index contributed by atoms with van der Waals surface area (Å²) in [7, 11) is 0. The maximum atomic E-state index is 13.0. The van der Waals surface area contributed by atoms with E-state index < -0.39 is 0 Å². The summed E-state index contributed by atoms with van der Waals surface area (Å²) in [6.45, 7) is 4.36. The van der Waals surface area contributed by atoms with E-state index in [-0.39, 0.29) is 18.3 Å². The lowest BCUT2D eigenvalue weighted by molar-refractivity contribution is -0.123. The highest BCUT2D eigenvalue weighted by molar-refractivity contribution is 5.77. The monoisotopic (exact) mass is 301 g/mol. The van der Waals surface area contributed by atoms with Gasteiger partial charge in [0.1, 0.15) is 11.6 Å². The number of amides is 1. The number of halogens is 1. The molecule has 2 rings (SSSR count). The van der Waals surface area contributed by atoms with Crippen LogP contribution in [0.2, 0.25) is 0 Å². The molecular formula is C18H20FNO2. The standard InChI is InChI=1S/C18H20FNO2/c1-13-6-7-14(2)17(10-13)22-12-18(21)20-9-8-15-4-3-5-16(19)11-15/h3-7,10-11H,8-9,12H2,1-2H3,(H,20,21). The Balaban J connectivity index is 1.75. The summed E-state index contributed by atoms with van der Waals surface area (Å²) in [4.78, 5) is 11.8. The van der Waals surface area contributed by atoms with Crippen LogP contribution in [0.1, 0.15) is 16.7 Å². The number of rotatable bonds is 6. The molecule has 1 N–H and O–H groups in total. The van der Waals surface area contributed by atoms with Gasteiger partial charge in [0.05, 0.1) is 0 Å². The van der Waals surface area contributed by atoms with Gasteiger partial charge >= 0.3 is 0 Å². The minimum atomic E-state index is -0.262. The first kappa shape index (κ1) is 16.0. The quantitative estimate of drug-likeness (QED) is 0.890. The SMILES string of the molecule is Cc1ccc(C)c(OCC(=O)NCCc2cccc(F)c2)c1. The number of hydrogen-bond donors (Lipinski definition) is 1. The average molecular weight is 301 g/mol. The normalized spacial score (nSPS) is 10.3. The van der Waals surface area contributed by atoms with E-state index in [1.165, 1.54) is 12.1 Å². The fourth-order valence-electron chi connectivity index (χ4n) is 2.10. The number of benzene rings is 2. The molecule has 0 aliphatic heterocycles. The first-order valence-electron chi connectivity index (χ1n) is 7.26. The number of carbonyl (C=O) groups is 1. The molecule has 0 bridgehead atoms. The van der Waals surface area contributed by atoms with Gasteiger partial charge in [-0.3, -0.25) is 4.79 Å². The zero-order valence-corrected chi connectivity index (χ0v) is 12.9. The van der Waals surface area contributed by atoms with Crippen molar-refractivity contribution in [1.82, 2.24) is 5.32 Å². The molecule has 116 valence electrons. The van der Waals surface area contributed by atoms with Crippen LogP contribution in [0.4, 0.5) is 4.39 Å². The van der Waals surface area contributed by atoms with E-state index in [9.17, 15) is 9.18 Å². The lowest BCUT2D eigenvalue weighted by Gasteiger charge is -2.10. The molecule has 22 heavy (non-hydrogen) atoms. The Morgan fingerprint density at radius 1 is 1.18 bits per heavy atom. The molecule has 0 atom stereocenters. The maximum absolute atomic E-state index is 13.0. The molecular weight excluding hydrogens is 281 g/mol. The van der Waals surface area contributed by atoms with Crippen molar-refractivity contribution in [3.05, 3.63) is 65.0 Å². The highest BCUT2D eigenvalue weighted by Gasteiger charge is 2.05. The lowest BCUT2D eigenvalue weighted by Crippen LogP contribution is -2.30. The first-order chi connectivity index (χ1) is 10.5. The summed E-state index contributed by atoms with van der Waals surface area (Å²) >= 11 is 0. The van der Waals surface area contributed by atoms with Gasteiger partial charge in [0.25, 0.3) is 5.91 Å². The summed E-state index contributed by atoms with van der Waals surface area (Å²) in [5.41, 5.74) is 2.95. The molecule has 0 aromatic heterocycles. The smallest absolute Gasteiger partial charge is 0.257 e. The number of hydrogen-bond acceptors (Lipinski definition) is 2. The van der Waals surface area contributed by atoms with Crippen molar-refractivity contribution in [1.29, 1.82) is 0 Å². The number of nitrogens with one attached hydrogen (secondary N) is 1. The number of ether oxygens (including phenoxy) is 1. The third-order valence-corrected chi connectivity index (χ3v) is 3.33. The average Bonchev–Trinajstić information content (AvgIpc) is 2.48. The molecule has 0 heterocycles.